The summed E-state index contributed by atoms with van der Waals surface area (Å²) in [4.78, 5) is 15.0. The van der Waals surface area contributed by atoms with Crippen LogP contribution in [0.25, 0.3) is 0 Å². The molecule has 2 aliphatic rings. The van der Waals surface area contributed by atoms with Crippen molar-refractivity contribution in [1.82, 2.24) is 15.8 Å². The Morgan fingerprint density at radius 1 is 1.35 bits per heavy atom. The average Bonchev–Trinajstić information content (AvgIpc) is 3.04. The van der Waals surface area contributed by atoms with E-state index in [1.165, 1.54) is 0 Å². The number of benzene rings is 1. The van der Waals surface area contributed by atoms with Gasteiger partial charge in [0.2, 0.25) is 5.91 Å². The summed E-state index contributed by atoms with van der Waals surface area (Å²) >= 11 is 0. The summed E-state index contributed by atoms with van der Waals surface area (Å²) in [7, 11) is 0. The predicted octanol–water partition coefficient (Wildman–Crippen LogP) is 1.46. The Bertz CT molecular complexity index is 511. The lowest BCUT2D eigenvalue weighted by molar-refractivity contribution is -0.137. The average molecular weight is 339 g/mol. The van der Waals surface area contributed by atoms with E-state index in [0.29, 0.717) is 12.5 Å². The number of hydrazine groups is 1. The molecule has 0 saturated carbocycles. The molecular formula is C17H27ClN4O. The molecule has 0 aliphatic carbocycles. The van der Waals surface area contributed by atoms with Crippen LogP contribution >= 0.6 is 12.4 Å². The fourth-order valence-corrected chi connectivity index (χ4v) is 3.58. The van der Waals surface area contributed by atoms with E-state index in [1.807, 2.05) is 30.0 Å². The molecule has 0 radical (unpaired) electrons. The molecule has 0 spiro atoms. The van der Waals surface area contributed by atoms with Gasteiger partial charge >= 0.3 is 0 Å². The zero-order valence-electron chi connectivity index (χ0n) is 13.6. The third-order valence-electron chi connectivity index (χ3n) is 4.97. The fourth-order valence-electron chi connectivity index (χ4n) is 3.58. The van der Waals surface area contributed by atoms with Crippen LogP contribution in [0.1, 0.15) is 31.4 Å². The summed E-state index contributed by atoms with van der Waals surface area (Å²) < 4.78 is 0. The van der Waals surface area contributed by atoms with Crippen LogP contribution in [-0.4, -0.2) is 36.5 Å². The van der Waals surface area contributed by atoms with Crippen molar-refractivity contribution in [1.29, 1.82) is 0 Å². The molecule has 4 N–H and O–H groups in total. The van der Waals surface area contributed by atoms with Crippen LogP contribution in [0, 0.1) is 11.8 Å². The number of rotatable bonds is 3. The normalized spacial score (nSPS) is 29.0. The molecule has 128 valence electrons. The van der Waals surface area contributed by atoms with Gasteiger partial charge in [0.25, 0.3) is 0 Å². The van der Waals surface area contributed by atoms with Gasteiger partial charge in [-0.2, -0.15) is 0 Å². The van der Waals surface area contributed by atoms with Crippen LogP contribution in [0.4, 0.5) is 0 Å². The van der Waals surface area contributed by atoms with Crippen LogP contribution < -0.4 is 16.6 Å². The molecule has 6 heteroatoms. The first-order valence-corrected chi connectivity index (χ1v) is 8.24. The predicted molar refractivity (Wildman–Crippen MR) is 94.0 cm³/mol. The number of amides is 1. The molecule has 2 aliphatic heterocycles. The summed E-state index contributed by atoms with van der Waals surface area (Å²) in [6, 6.07) is 10.4. The van der Waals surface area contributed by atoms with Crippen molar-refractivity contribution in [2.24, 2.45) is 17.6 Å². The Hall–Kier alpha value is -1.14. The number of hydrogen-bond acceptors (Lipinski definition) is 4. The summed E-state index contributed by atoms with van der Waals surface area (Å²) in [5.74, 6) is 0.626. The highest BCUT2D eigenvalue weighted by atomic mass is 35.5. The molecule has 2 heterocycles. The van der Waals surface area contributed by atoms with Crippen molar-refractivity contribution in [3.05, 3.63) is 35.9 Å². The molecule has 2 saturated heterocycles. The van der Waals surface area contributed by atoms with E-state index < -0.39 is 0 Å². The second kappa shape index (κ2) is 8.11. The molecule has 0 bridgehead atoms. The van der Waals surface area contributed by atoms with E-state index in [9.17, 15) is 4.79 Å². The SMILES string of the molecule is CC(N)C1CCCN(C(=O)C2CNNC2c2ccccc2)C1.Cl. The number of nitrogens with zero attached hydrogens (tertiary/aromatic N) is 1. The highest BCUT2D eigenvalue weighted by molar-refractivity contribution is 5.85. The van der Waals surface area contributed by atoms with Crippen LogP contribution in [0.15, 0.2) is 30.3 Å². The van der Waals surface area contributed by atoms with Gasteiger partial charge in [-0.15, -0.1) is 12.4 Å². The van der Waals surface area contributed by atoms with Crippen molar-refractivity contribution in [2.45, 2.75) is 31.8 Å². The number of nitrogens with two attached hydrogens (primary N) is 1. The van der Waals surface area contributed by atoms with Crippen molar-refractivity contribution in [3.8, 4) is 0 Å². The summed E-state index contributed by atoms with van der Waals surface area (Å²) in [5, 5.41) is 0. The molecular weight excluding hydrogens is 312 g/mol. The highest BCUT2D eigenvalue weighted by Gasteiger charge is 2.38. The third-order valence-corrected chi connectivity index (χ3v) is 4.97. The minimum absolute atomic E-state index is 0. The molecule has 4 unspecified atom stereocenters. The molecule has 3 rings (SSSR count). The number of hydrogen-bond donors (Lipinski definition) is 3. The Morgan fingerprint density at radius 3 is 2.78 bits per heavy atom. The number of halogens is 1. The lowest BCUT2D eigenvalue weighted by Gasteiger charge is -2.36. The Labute approximate surface area is 144 Å². The molecule has 1 aromatic rings. The molecule has 1 aromatic carbocycles. The van der Waals surface area contributed by atoms with Gasteiger partial charge < -0.3 is 10.6 Å². The second-order valence-corrected chi connectivity index (χ2v) is 6.57. The number of carbonyl (C=O) groups excluding carboxylic acids is 1. The first kappa shape index (κ1) is 18.2. The first-order valence-electron chi connectivity index (χ1n) is 8.24. The van der Waals surface area contributed by atoms with Crippen LogP contribution in [0.2, 0.25) is 0 Å². The maximum atomic E-state index is 13.0. The Kier molecular flexibility index (Phi) is 6.41. The monoisotopic (exact) mass is 338 g/mol. The second-order valence-electron chi connectivity index (χ2n) is 6.57. The molecule has 0 aromatic heterocycles. The molecule has 23 heavy (non-hydrogen) atoms. The highest BCUT2D eigenvalue weighted by Crippen LogP contribution is 2.28. The zero-order chi connectivity index (χ0) is 15.5. The van der Waals surface area contributed by atoms with Gasteiger partial charge in [0.05, 0.1) is 12.0 Å². The maximum Gasteiger partial charge on any atom is 0.229 e. The molecule has 1 amide bonds. The topological polar surface area (TPSA) is 70.4 Å². The smallest absolute Gasteiger partial charge is 0.229 e. The van der Waals surface area contributed by atoms with E-state index in [4.69, 9.17) is 5.73 Å². The summed E-state index contributed by atoms with van der Waals surface area (Å²) in [6.45, 7) is 4.39. The lowest BCUT2D eigenvalue weighted by Crippen LogP contribution is -2.48. The van der Waals surface area contributed by atoms with Crippen LogP contribution in [-0.2, 0) is 4.79 Å². The quantitative estimate of drug-likeness (QED) is 0.780. The largest absolute Gasteiger partial charge is 0.342 e. The van der Waals surface area contributed by atoms with Crippen molar-refractivity contribution in [2.75, 3.05) is 19.6 Å². The van der Waals surface area contributed by atoms with E-state index in [1.54, 1.807) is 0 Å². The van der Waals surface area contributed by atoms with E-state index in [2.05, 4.69) is 23.0 Å². The first-order chi connectivity index (χ1) is 10.7. The molecule has 5 nitrogen and oxygen atoms in total. The van der Waals surface area contributed by atoms with E-state index >= 15 is 0 Å². The van der Waals surface area contributed by atoms with Crippen molar-refractivity contribution in [3.63, 3.8) is 0 Å². The van der Waals surface area contributed by atoms with Crippen molar-refractivity contribution >= 4 is 18.3 Å². The number of likely N-dealkylation sites (tertiary alicyclic amines) is 1. The Morgan fingerprint density at radius 2 is 2.09 bits per heavy atom. The van der Waals surface area contributed by atoms with Gasteiger partial charge in [-0.25, -0.2) is 5.43 Å². The van der Waals surface area contributed by atoms with Gasteiger partial charge in [-0.1, -0.05) is 30.3 Å². The standard InChI is InChI=1S/C17H26N4O.ClH/c1-12(18)14-8-5-9-21(11-14)17(22)15-10-19-20-16(15)13-6-3-2-4-7-13;/h2-4,6-7,12,14-16,19-20H,5,8-11,18H2,1H3;1H. The van der Waals surface area contributed by atoms with Gasteiger partial charge in [0.1, 0.15) is 0 Å². The minimum atomic E-state index is -0.0470. The summed E-state index contributed by atoms with van der Waals surface area (Å²) in [6.07, 6.45) is 2.19. The van der Waals surface area contributed by atoms with Gasteiger partial charge in [0, 0.05) is 25.7 Å². The number of piperidine rings is 1. The fraction of sp³-hybridized carbons (Fsp3) is 0.588. The van der Waals surface area contributed by atoms with Gasteiger partial charge in [0.15, 0.2) is 0 Å². The third kappa shape index (κ3) is 4.04. The lowest BCUT2D eigenvalue weighted by atomic mass is 9.89. The van der Waals surface area contributed by atoms with Crippen molar-refractivity contribution < 1.29 is 4.79 Å². The van der Waals surface area contributed by atoms with E-state index in [0.717, 1.165) is 31.5 Å². The molecule has 2 fully saturated rings. The zero-order valence-corrected chi connectivity index (χ0v) is 14.4. The molecule has 4 atom stereocenters. The number of carbonyl (C=O) groups is 1. The van der Waals surface area contributed by atoms with E-state index in [-0.39, 0.29) is 36.3 Å². The van der Waals surface area contributed by atoms with Crippen LogP contribution in [0.3, 0.4) is 0 Å². The van der Waals surface area contributed by atoms with Gasteiger partial charge in [-0.05, 0) is 31.2 Å². The Balaban J connectivity index is 0.00000192. The summed E-state index contributed by atoms with van der Waals surface area (Å²) in [5.41, 5.74) is 13.6. The van der Waals surface area contributed by atoms with Crippen LogP contribution in [0.5, 0.6) is 0 Å². The maximum absolute atomic E-state index is 13.0. The number of nitrogens with one attached hydrogen (secondary N) is 2. The van der Waals surface area contributed by atoms with Gasteiger partial charge in [-0.3, -0.25) is 10.2 Å². The minimum Gasteiger partial charge on any atom is -0.342 e.